The zero-order valence-corrected chi connectivity index (χ0v) is 10.4. The molecule has 0 aliphatic heterocycles. The zero-order valence-electron chi connectivity index (χ0n) is 9.60. The van der Waals surface area contributed by atoms with E-state index < -0.39 is 9.84 Å². The Morgan fingerprint density at radius 3 is 2.31 bits per heavy atom. The summed E-state index contributed by atoms with van der Waals surface area (Å²) in [5.41, 5.74) is 7.39. The van der Waals surface area contributed by atoms with Crippen LogP contribution in [-0.4, -0.2) is 19.9 Å². The number of sulfone groups is 1. The van der Waals surface area contributed by atoms with Crippen molar-refractivity contribution in [2.75, 3.05) is 12.0 Å². The second-order valence-corrected chi connectivity index (χ2v) is 7.08. The molecule has 16 heavy (non-hydrogen) atoms. The van der Waals surface area contributed by atoms with Crippen molar-refractivity contribution in [1.82, 2.24) is 0 Å². The number of benzene rings is 1. The van der Waals surface area contributed by atoms with Gasteiger partial charge in [-0.25, -0.2) is 8.42 Å². The Balaban J connectivity index is 2.45. The Morgan fingerprint density at radius 2 is 1.88 bits per heavy atom. The molecule has 0 heterocycles. The van der Waals surface area contributed by atoms with E-state index in [9.17, 15) is 8.42 Å². The van der Waals surface area contributed by atoms with Crippen molar-refractivity contribution in [1.29, 1.82) is 0 Å². The second kappa shape index (κ2) is 3.48. The lowest BCUT2D eigenvalue weighted by molar-refractivity contribution is 0.562. The van der Waals surface area contributed by atoms with Crippen LogP contribution in [0.15, 0.2) is 24.3 Å². The summed E-state index contributed by atoms with van der Waals surface area (Å²) in [6.45, 7) is 1.79. The first kappa shape index (κ1) is 11.5. The fourth-order valence-corrected chi connectivity index (χ4v) is 3.57. The first-order valence-electron chi connectivity index (χ1n) is 5.42. The third-order valence-corrected chi connectivity index (χ3v) is 5.44. The molecule has 1 aromatic carbocycles. The molecule has 1 aromatic rings. The molecule has 1 aliphatic rings. The summed E-state index contributed by atoms with van der Waals surface area (Å²) in [4.78, 5) is 0. The molecule has 0 bridgehead atoms. The first-order valence-corrected chi connectivity index (χ1v) is 7.37. The number of hydrogen-bond donors (Lipinski definition) is 1. The van der Waals surface area contributed by atoms with Crippen molar-refractivity contribution in [3.8, 4) is 0 Å². The predicted octanol–water partition coefficient (Wildman–Crippen LogP) is 1.73. The van der Waals surface area contributed by atoms with Crippen LogP contribution in [0.4, 0.5) is 5.69 Å². The number of nitrogens with two attached hydrogens (primary N) is 1. The smallest absolute Gasteiger partial charge is 0.150 e. The highest BCUT2D eigenvalue weighted by Gasteiger charge is 2.53. The Kier molecular flexibility index (Phi) is 2.49. The van der Waals surface area contributed by atoms with Gasteiger partial charge >= 0.3 is 0 Å². The summed E-state index contributed by atoms with van der Waals surface area (Å²) in [5.74, 6) is 0. The fourth-order valence-electron chi connectivity index (χ4n) is 2.39. The van der Waals surface area contributed by atoms with E-state index in [0.29, 0.717) is 5.69 Å². The minimum Gasteiger partial charge on any atom is -0.398 e. The molecule has 0 amide bonds. The lowest BCUT2D eigenvalue weighted by Crippen LogP contribution is -2.31. The van der Waals surface area contributed by atoms with Gasteiger partial charge in [-0.3, -0.25) is 0 Å². The quantitative estimate of drug-likeness (QED) is 0.817. The summed E-state index contributed by atoms with van der Waals surface area (Å²) in [6, 6.07) is 7.58. The Hall–Kier alpha value is -1.03. The highest BCUT2D eigenvalue weighted by atomic mass is 32.2. The molecule has 88 valence electrons. The molecule has 1 fully saturated rings. The molecule has 1 saturated carbocycles. The maximum absolute atomic E-state index is 11.7. The van der Waals surface area contributed by atoms with Crippen molar-refractivity contribution >= 4 is 15.5 Å². The molecule has 0 spiro atoms. The van der Waals surface area contributed by atoms with Crippen LogP contribution in [0.1, 0.15) is 25.3 Å². The van der Waals surface area contributed by atoms with Gasteiger partial charge in [-0.15, -0.1) is 0 Å². The SMILES string of the molecule is CC(C1(c2ccccc2N)CC1)S(C)(=O)=O. The highest BCUT2D eigenvalue weighted by Crippen LogP contribution is 2.54. The fraction of sp³-hybridized carbons (Fsp3) is 0.500. The van der Waals surface area contributed by atoms with E-state index in [0.717, 1.165) is 18.4 Å². The monoisotopic (exact) mass is 239 g/mol. The van der Waals surface area contributed by atoms with Crippen LogP contribution in [-0.2, 0) is 15.3 Å². The van der Waals surface area contributed by atoms with E-state index in [4.69, 9.17) is 5.73 Å². The van der Waals surface area contributed by atoms with Gasteiger partial charge in [0.25, 0.3) is 0 Å². The molecule has 3 nitrogen and oxygen atoms in total. The number of para-hydroxylation sites is 1. The Bertz CT molecular complexity index is 504. The Morgan fingerprint density at radius 1 is 1.31 bits per heavy atom. The third kappa shape index (κ3) is 1.71. The summed E-state index contributed by atoms with van der Waals surface area (Å²) in [6.07, 6.45) is 3.13. The van der Waals surface area contributed by atoms with Crippen molar-refractivity contribution in [2.45, 2.75) is 30.4 Å². The van der Waals surface area contributed by atoms with Crippen molar-refractivity contribution < 1.29 is 8.42 Å². The third-order valence-electron chi connectivity index (χ3n) is 3.71. The van der Waals surface area contributed by atoms with Gasteiger partial charge in [-0.05, 0) is 31.4 Å². The Labute approximate surface area is 96.6 Å². The van der Waals surface area contributed by atoms with Crippen molar-refractivity contribution in [2.24, 2.45) is 0 Å². The molecule has 1 aliphatic carbocycles. The second-order valence-electron chi connectivity index (χ2n) is 4.72. The minimum atomic E-state index is -3.02. The minimum absolute atomic E-state index is 0.237. The topological polar surface area (TPSA) is 60.2 Å². The number of nitrogen functional groups attached to an aromatic ring is 1. The maximum atomic E-state index is 11.7. The van der Waals surface area contributed by atoms with E-state index in [-0.39, 0.29) is 10.7 Å². The average Bonchev–Trinajstić information content (AvgIpc) is 2.97. The van der Waals surface area contributed by atoms with E-state index >= 15 is 0 Å². The summed E-state index contributed by atoms with van der Waals surface area (Å²) in [5, 5.41) is -0.357. The standard InChI is InChI=1S/C12H17NO2S/c1-9(16(2,14)15)12(7-8-12)10-5-3-4-6-11(10)13/h3-6,9H,7-8,13H2,1-2H3. The van der Waals surface area contributed by atoms with Gasteiger partial charge in [-0.2, -0.15) is 0 Å². The van der Waals surface area contributed by atoms with Crippen LogP contribution >= 0.6 is 0 Å². The molecule has 0 radical (unpaired) electrons. The van der Waals surface area contributed by atoms with Crippen LogP contribution in [0, 0.1) is 0 Å². The average molecular weight is 239 g/mol. The molecule has 1 unspecified atom stereocenters. The van der Waals surface area contributed by atoms with Gasteiger partial charge in [0.05, 0.1) is 5.25 Å². The van der Waals surface area contributed by atoms with Crippen molar-refractivity contribution in [3.63, 3.8) is 0 Å². The number of anilines is 1. The van der Waals surface area contributed by atoms with Crippen LogP contribution in [0.5, 0.6) is 0 Å². The van der Waals surface area contributed by atoms with Crippen LogP contribution in [0.25, 0.3) is 0 Å². The molecule has 1 atom stereocenters. The zero-order chi connectivity index (χ0) is 12.0. The van der Waals surface area contributed by atoms with Gasteiger partial charge in [0.1, 0.15) is 0 Å². The van der Waals surface area contributed by atoms with E-state index in [1.807, 2.05) is 24.3 Å². The summed E-state index contributed by atoms with van der Waals surface area (Å²) >= 11 is 0. The van der Waals surface area contributed by atoms with Gasteiger partial charge < -0.3 is 5.73 Å². The molecule has 4 heteroatoms. The van der Waals surface area contributed by atoms with Crippen LogP contribution in [0.2, 0.25) is 0 Å². The van der Waals surface area contributed by atoms with Crippen molar-refractivity contribution in [3.05, 3.63) is 29.8 Å². The molecule has 0 saturated heterocycles. The predicted molar refractivity (Wildman–Crippen MR) is 66.1 cm³/mol. The first-order chi connectivity index (χ1) is 7.38. The van der Waals surface area contributed by atoms with Gasteiger partial charge in [0.2, 0.25) is 0 Å². The highest BCUT2D eigenvalue weighted by molar-refractivity contribution is 7.91. The van der Waals surface area contributed by atoms with E-state index in [1.54, 1.807) is 6.92 Å². The van der Waals surface area contributed by atoms with E-state index in [2.05, 4.69) is 0 Å². The maximum Gasteiger partial charge on any atom is 0.150 e. The summed E-state index contributed by atoms with van der Waals surface area (Å²) < 4.78 is 23.3. The molecule has 0 aromatic heterocycles. The van der Waals surface area contributed by atoms with Gasteiger partial charge in [0.15, 0.2) is 9.84 Å². The van der Waals surface area contributed by atoms with Crippen LogP contribution < -0.4 is 5.73 Å². The lowest BCUT2D eigenvalue weighted by atomic mass is 9.91. The molecular weight excluding hydrogens is 222 g/mol. The number of hydrogen-bond acceptors (Lipinski definition) is 3. The van der Waals surface area contributed by atoms with Gasteiger partial charge in [0, 0.05) is 17.4 Å². The molecule has 2 N–H and O–H groups in total. The van der Waals surface area contributed by atoms with E-state index in [1.165, 1.54) is 6.26 Å². The molecular formula is C12H17NO2S. The number of rotatable bonds is 3. The van der Waals surface area contributed by atoms with Gasteiger partial charge in [-0.1, -0.05) is 18.2 Å². The normalized spacial score (nSPS) is 20.4. The largest absolute Gasteiger partial charge is 0.398 e. The molecule has 2 rings (SSSR count). The van der Waals surface area contributed by atoms with Crippen LogP contribution in [0.3, 0.4) is 0 Å². The summed E-state index contributed by atoms with van der Waals surface area (Å²) in [7, 11) is -3.02. The lowest BCUT2D eigenvalue weighted by Gasteiger charge is -2.23.